The monoisotopic (exact) mass is 375 g/mol. The minimum Gasteiger partial charge on any atom is -0.461 e. The summed E-state index contributed by atoms with van der Waals surface area (Å²) in [5.74, 6) is -0.580. The van der Waals surface area contributed by atoms with Crippen molar-refractivity contribution in [3.8, 4) is 0 Å². The molecule has 0 radical (unpaired) electrons. The molecule has 27 heavy (non-hydrogen) atoms. The topological polar surface area (TPSA) is 137 Å². The molecule has 9 nitrogen and oxygen atoms in total. The maximum atomic E-state index is 12.1. The lowest BCUT2D eigenvalue weighted by atomic mass is 10.2. The van der Waals surface area contributed by atoms with Crippen LogP contribution in [0.4, 0.5) is 5.82 Å². The summed E-state index contributed by atoms with van der Waals surface area (Å²) >= 11 is 0. The van der Waals surface area contributed by atoms with Crippen molar-refractivity contribution in [2.24, 2.45) is 0 Å². The van der Waals surface area contributed by atoms with Crippen LogP contribution in [0.2, 0.25) is 0 Å². The number of benzene rings is 1. The summed E-state index contributed by atoms with van der Waals surface area (Å²) in [7, 11) is 0. The van der Waals surface area contributed by atoms with E-state index in [1.807, 2.05) is 30.3 Å². The number of nitrogens with zero attached hydrogens (tertiary/aromatic N) is 2. The fourth-order valence-electron chi connectivity index (χ4n) is 2.86. The second-order valence-electron chi connectivity index (χ2n) is 6.28. The fraction of sp³-hybridized carbons (Fsp3) is 0.389. The average Bonchev–Trinajstić information content (AvgIpc) is 3.03. The van der Waals surface area contributed by atoms with Crippen molar-refractivity contribution in [3.63, 3.8) is 0 Å². The van der Waals surface area contributed by atoms with Gasteiger partial charge in [-0.1, -0.05) is 30.3 Å². The highest BCUT2D eigenvalue weighted by Crippen LogP contribution is 2.27. The van der Waals surface area contributed by atoms with Crippen LogP contribution in [0.5, 0.6) is 0 Å². The van der Waals surface area contributed by atoms with Crippen LogP contribution < -0.4 is 11.4 Å². The molecular formula is C18H21N3O6. The SMILES string of the molecule is Nc1nc(=O)n([C@H]2C[C@H](O)[C@@H](CO)O2)cc1CC(=O)OCc1ccccc1. The molecule has 0 amide bonds. The molecule has 1 aromatic carbocycles. The smallest absolute Gasteiger partial charge is 0.351 e. The van der Waals surface area contributed by atoms with Crippen LogP contribution >= 0.6 is 0 Å². The predicted octanol–water partition coefficient (Wildman–Crippen LogP) is -0.248. The third kappa shape index (κ3) is 4.51. The van der Waals surface area contributed by atoms with Gasteiger partial charge in [0, 0.05) is 18.2 Å². The highest BCUT2D eigenvalue weighted by atomic mass is 16.5. The van der Waals surface area contributed by atoms with E-state index in [9.17, 15) is 19.8 Å². The van der Waals surface area contributed by atoms with Gasteiger partial charge in [-0.3, -0.25) is 9.36 Å². The van der Waals surface area contributed by atoms with Gasteiger partial charge in [-0.25, -0.2) is 4.79 Å². The molecule has 1 aliphatic heterocycles. The Balaban J connectivity index is 1.70. The van der Waals surface area contributed by atoms with Gasteiger partial charge in [-0.05, 0) is 5.56 Å². The molecule has 3 rings (SSSR count). The first kappa shape index (κ1) is 19.0. The van der Waals surface area contributed by atoms with E-state index in [1.165, 1.54) is 6.20 Å². The minimum atomic E-state index is -0.899. The number of carbonyl (C=O) groups is 1. The van der Waals surface area contributed by atoms with Crippen molar-refractivity contribution >= 4 is 11.8 Å². The highest BCUT2D eigenvalue weighted by Gasteiger charge is 2.35. The van der Waals surface area contributed by atoms with Gasteiger partial charge < -0.3 is 25.4 Å². The molecule has 9 heteroatoms. The van der Waals surface area contributed by atoms with Crippen molar-refractivity contribution in [1.29, 1.82) is 0 Å². The number of nitrogen functional groups attached to an aromatic ring is 1. The number of ether oxygens (including phenoxy) is 2. The summed E-state index contributed by atoms with van der Waals surface area (Å²) in [6, 6.07) is 9.23. The van der Waals surface area contributed by atoms with E-state index in [-0.39, 0.29) is 31.9 Å². The van der Waals surface area contributed by atoms with Gasteiger partial charge in [0.05, 0.1) is 19.1 Å². The Morgan fingerprint density at radius 2 is 2.11 bits per heavy atom. The van der Waals surface area contributed by atoms with E-state index in [4.69, 9.17) is 15.2 Å². The molecule has 4 N–H and O–H groups in total. The van der Waals surface area contributed by atoms with Crippen LogP contribution in [0.25, 0.3) is 0 Å². The molecule has 3 atom stereocenters. The molecular weight excluding hydrogens is 354 g/mol. The fourth-order valence-corrected chi connectivity index (χ4v) is 2.86. The summed E-state index contributed by atoms with van der Waals surface area (Å²) < 4.78 is 11.8. The quantitative estimate of drug-likeness (QED) is 0.588. The van der Waals surface area contributed by atoms with E-state index in [0.29, 0.717) is 5.56 Å². The van der Waals surface area contributed by atoms with E-state index in [1.54, 1.807) is 0 Å². The lowest BCUT2D eigenvalue weighted by molar-refractivity contribution is -0.144. The second-order valence-corrected chi connectivity index (χ2v) is 6.28. The van der Waals surface area contributed by atoms with Gasteiger partial charge in [0.1, 0.15) is 24.8 Å². The van der Waals surface area contributed by atoms with E-state index in [2.05, 4.69) is 4.98 Å². The van der Waals surface area contributed by atoms with Crippen LogP contribution in [0.3, 0.4) is 0 Å². The lowest BCUT2D eigenvalue weighted by Crippen LogP contribution is -2.29. The number of anilines is 1. The number of aliphatic hydroxyl groups excluding tert-OH is 2. The summed E-state index contributed by atoms with van der Waals surface area (Å²) in [5.41, 5.74) is 6.27. The number of carbonyl (C=O) groups excluding carboxylic acids is 1. The molecule has 2 aromatic rings. The van der Waals surface area contributed by atoms with E-state index in [0.717, 1.165) is 10.1 Å². The number of hydrogen-bond acceptors (Lipinski definition) is 8. The third-order valence-electron chi connectivity index (χ3n) is 4.33. The molecule has 0 spiro atoms. The molecule has 1 aromatic heterocycles. The van der Waals surface area contributed by atoms with Crippen molar-refractivity contribution in [2.75, 3.05) is 12.3 Å². The van der Waals surface area contributed by atoms with E-state index >= 15 is 0 Å². The summed E-state index contributed by atoms with van der Waals surface area (Å²) in [4.78, 5) is 27.9. The highest BCUT2D eigenvalue weighted by molar-refractivity contribution is 5.74. The molecule has 0 bridgehead atoms. The van der Waals surface area contributed by atoms with Gasteiger partial charge >= 0.3 is 11.7 Å². The number of aromatic nitrogens is 2. The minimum absolute atomic E-state index is 0.0647. The van der Waals surface area contributed by atoms with Crippen molar-refractivity contribution < 1.29 is 24.5 Å². The van der Waals surface area contributed by atoms with Crippen molar-refractivity contribution in [3.05, 3.63) is 58.1 Å². The number of nitrogens with two attached hydrogens (primary N) is 1. The Morgan fingerprint density at radius 3 is 2.78 bits per heavy atom. The maximum absolute atomic E-state index is 12.1. The van der Waals surface area contributed by atoms with Crippen LogP contribution in [0, 0.1) is 0 Å². The molecule has 1 aliphatic rings. The van der Waals surface area contributed by atoms with Crippen LogP contribution in [0.1, 0.15) is 23.8 Å². The maximum Gasteiger partial charge on any atom is 0.351 e. The Bertz CT molecular complexity index is 854. The van der Waals surface area contributed by atoms with Crippen LogP contribution in [-0.4, -0.2) is 44.5 Å². The Hall–Kier alpha value is -2.75. The molecule has 2 heterocycles. The molecule has 0 saturated carbocycles. The predicted molar refractivity (Wildman–Crippen MR) is 94.5 cm³/mol. The first-order valence-electron chi connectivity index (χ1n) is 8.49. The first-order chi connectivity index (χ1) is 13.0. The summed E-state index contributed by atoms with van der Waals surface area (Å²) in [5, 5.41) is 19.0. The molecule has 1 saturated heterocycles. The lowest BCUT2D eigenvalue weighted by Gasteiger charge is -2.16. The number of aliphatic hydroxyl groups is 2. The Kier molecular flexibility index (Phi) is 5.84. The largest absolute Gasteiger partial charge is 0.461 e. The molecule has 0 unspecified atom stereocenters. The van der Waals surface area contributed by atoms with Gasteiger partial charge in [-0.15, -0.1) is 0 Å². The molecule has 1 fully saturated rings. The molecule has 144 valence electrons. The van der Waals surface area contributed by atoms with Crippen LogP contribution in [-0.2, 0) is 27.3 Å². The van der Waals surface area contributed by atoms with Gasteiger partial charge in [0.15, 0.2) is 0 Å². The van der Waals surface area contributed by atoms with Gasteiger partial charge in [-0.2, -0.15) is 4.98 Å². The number of hydrogen-bond donors (Lipinski definition) is 3. The van der Waals surface area contributed by atoms with Crippen LogP contribution in [0.15, 0.2) is 41.3 Å². The third-order valence-corrected chi connectivity index (χ3v) is 4.33. The zero-order chi connectivity index (χ0) is 19.4. The Labute approximate surface area is 155 Å². The standard InChI is InChI=1S/C18H21N3O6/c19-17-12(6-16(24)26-10-11-4-2-1-3-5-11)8-21(18(25)20-17)15-7-13(23)14(9-22)27-15/h1-5,8,13-15,22-23H,6-7,9-10H2,(H2,19,20,25)/t13-,14+,15+/m0/s1. The second kappa shape index (κ2) is 8.30. The first-order valence-corrected chi connectivity index (χ1v) is 8.49. The van der Waals surface area contributed by atoms with Crippen molar-refractivity contribution in [2.45, 2.75) is 37.9 Å². The normalized spacial score (nSPS) is 21.9. The zero-order valence-corrected chi connectivity index (χ0v) is 14.5. The summed E-state index contributed by atoms with van der Waals surface area (Å²) in [6.45, 7) is -0.240. The van der Waals surface area contributed by atoms with E-state index < -0.39 is 30.1 Å². The van der Waals surface area contributed by atoms with Gasteiger partial charge in [0.25, 0.3) is 0 Å². The Morgan fingerprint density at radius 1 is 1.37 bits per heavy atom. The number of esters is 1. The summed E-state index contributed by atoms with van der Waals surface area (Å²) in [6.07, 6.45) is -1.13. The number of rotatable bonds is 6. The van der Waals surface area contributed by atoms with Gasteiger partial charge in [0.2, 0.25) is 0 Å². The molecule has 0 aliphatic carbocycles. The van der Waals surface area contributed by atoms with Crippen molar-refractivity contribution in [1.82, 2.24) is 9.55 Å². The average molecular weight is 375 g/mol. The zero-order valence-electron chi connectivity index (χ0n) is 14.5.